The molecule has 0 aromatic carbocycles. The Morgan fingerprint density at radius 1 is 1.53 bits per heavy atom. The zero-order valence-corrected chi connectivity index (χ0v) is 10.7. The topological polar surface area (TPSA) is 86.2 Å². The molecule has 0 bridgehead atoms. The van der Waals surface area contributed by atoms with E-state index in [1.165, 1.54) is 0 Å². The maximum absolute atomic E-state index is 5.95. The van der Waals surface area contributed by atoms with Crippen LogP contribution in [0.1, 0.15) is 38.8 Å². The first-order valence-electron chi connectivity index (χ1n) is 5.88. The lowest BCUT2D eigenvalue weighted by atomic mass is 9.88. The molecule has 0 fully saturated rings. The van der Waals surface area contributed by atoms with Crippen LogP contribution in [0.15, 0.2) is 18.5 Å². The Balaban J connectivity index is 3.09. The second-order valence-corrected chi connectivity index (χ2v) is 4.20. The van der Waals surface area contributed by atoms with Gasteiger partial charge in [0.05, 0.1) is 11.6 Å². The number of hydrazine groups is 1. The van der Waals surface area contributed by atoms with E-state index in [0.29, 0.717) is 12.3 Å². The molecule has 0 aliphatic carbocycles. The fourth-order valence-electron chi connectivity index (χ4n) is 1.97. The van der Waals surface area contributed by atoms with Gasteiger partial charge in [-0.05, 0) is 26.3 Å². The molecule has 17 heavy (non-hydrogen) atoms. The van der Waals surface area contributed by atoms with Crippen molar-refractivity contribution >= 4 is 5.69 Å². The second kappa shape index (κ2) is 5.95. The molecule has 0 radical (unpaired) electrons. The van der Waals surface area contributed by atoms with Crippen molar-refractivity contribution in [2.45, 2.75) is 38.8 Å². The smallest absolute Gasteiger partial charge is 0.0859 e. The van der Waals surface area contributed by atoms with Gasteiger partial charge in [-0.3, -0.25) is 10.8 Å². The molecule has 0 spiro atoms. The zero-order chi connectivity index (χ0) is 12.9. The number of rotatable bonds is 6. The third kappa shape index (κ3) is 2.94. The number of hydrogen-bond donors (Lipinski definition) is 3. The predicted octanol–water partition coefficient (Wildman–Crippen LogP) is 1.37. The van der Waals surface area contributed by atoms with E-state index < -0.39 is 5.60 Å². The maximum Gasteiger partial charge on any atom is 0.0859 e. The van der Waals surface area contributed by atoms with Gasteiger partial charge in [-0.1, -0.05) is 6.92 Å². The highest BCUT2D eigenvalue weighted by Crippen LogP contribution is 2.33. The van der Waals surface area contributed by atoms with E-state index in [0.717, 1.165) is 12.0 Å². The molecule has 96 valence electrons. The van der Waals surface area contributed by atoms with Crippen molar-refractivity contribution in [3.8, 4) is 0 Å². The van der Waals surface area contributed by atoms with E-state index in [9.17, 15) is 0 Å². The zero-order valence-electron chi connectivity index (χ0n) is 10.7. The highest BCUT2D eigenvalue weighted by atomic mass is 16.5. The summed E-state index contributed by atoms with van der Waals surface area (Å²) in [5, 5.41) is 0. The molecule has 5 nitrogen and oxygen atoms in total. The van der Waals surface area contributed by atoms with Crippen LogP contribution in [0.2, 0.25) is 0 Å². The van der Waals surface area contributed by atoms with Crippen molar-refractivity contribution in [1.29, 1.82) is 0 Å². The standard InChI is InChI=1S/C12H22N4O/c1-4-12(3,17-5-2)11(16-14)9-8-15-7-6-10(9)13/h6-8,11,16H,4-5,14H2,1-3H3,(H2,13,15). The number of ether oxygens (including phenoxy) is 1. The SMILES string of the molecule is CCOC(C)(CC)C(NN)c1cnccc1N. The van der Waals surface area contributed by atoms with E-state index in [4.69, 9.17) is 16.3 Å². The van der Waals surface area contributed by atoms with Gasteiger partial charge in [0.25, 0.3) is 0 Å². The minimum atomic E-state index is -0.402. The minimum Gasteiger partial charge on any atom is -0.398 e. The number of hydrogen-bond acceptors (Lipinski definition) is 5. The highest BCUT2D eigenvalue weighted by Gasteiger charge is 2.35. The van der Waals surface area contributed by atoms with Crippen LogP contribution in [0.3, 0.4) is 0 Å². The van der Waals surface area contributed by atoms with Crippen LogP contribution in [0.4, 0.5) is 5.69 Å². The fraction of sp³-hybridized carbons (Fsp3) is 0.583. The first kappa shape index (κ1) is 13.9. The molecule has 0 saturated heterocycles. The average molecular weight is 238 g/mol. The number of aromatic nitrogens is 1. The van der Waals surface area contributed by atoms with Crippen LogP contribution in [0.5, 0.6) is 0 Å². The van der Waals surface area contributed by atoms with Gasteiger partial charge in [-0.2, -0.15) is 0 Å². The van der Waals surface area contributed by atoms with Gasteiger partial charge in [0, 0.05) is 30.3 Å². The largest absolute Gasteiger partial charge is 0.398 e. The van der Waals surface area contributed by atoms with Crippen molar-refractivity contribution in [3.05, 3.63) is 24.0 Å². The summed E-state index contributed by atoms with van der Waals surface area (Å²) in [5.41, 5.74) is 9.88. The number of nitrogens with zero attached hydrogens (tertiary/aromatic N) is 1. The molecular formula is C12H22N4O. The van der Waals surface area contributed by atoms with Crippen LogP contribution in [0.25, 0.3) is 0 Å². The predicted molar refractivity (Wildman–Crippen MR) is 69.0 cm³/mol. The Labute approximate surface area is 103 Å². The number of anilines is 1. The molecular weight excluding hydrogens is 216 g/mol. The van der Waals surface area contributed by atoms with Crippen LogP contribution < -0.4 is 17.0 Å². The normalized spacial score (nSPS) is 16.5. The van der Waals surface area contributed by atoms with E-state index in [1.54, 1.807) is 18.5 Å². The third-order valence-electron chi connectivity index (χ3n) is 3.15. The van der Waals surface area contributed by atoms with Gasteiger partial charge >= 0.3 is 0 Å². The van der Waals surface area contributed by atoms with Gasteiger partial charge in [-0.25, -0.2) is 5.43 Å². The second-order valence-electron chi connectivity index (χ2n) is 4.20. The van der Waals surface area contributed by atoms with Gasteiger partial charge in [-0.15, -0.1) is 0 Å². The number of nitrogens with one attached hydrogen (secondary N) is 1. The van der Waals surface area contributed by atoms with Crippen molar-refractivity contribution in [2.24, 2.45) is 5.84 Å². The summed E-state index contributed by atoms with van der Waals surface area (Å²) in [6, 6.07) is 1.59. The minimum absolute atomic E-state index is 0.179. The molecule has 0 aliphatic rings. The van der Waals surface area contributed by atoms with Crippen molar-refractivity contribution < 1.29 is 4.74 Å². The monoisotopic (exact) mass is 238 g/mol. The summed E-state index contributed by atoms with van der Waals surface area (Å²) in [5.74, 6) is 5.65. The summed E-state index contributed by atoms with van der Waals surface area (Å²) >= 11 is 0. The van der Waals surface area contributed by atoms with Gasteiger partial charge in [0.2, 0.25) is 0 Å². The van der Waals surface area contributed by atoms with Crippen LogP contribution in [0, 0.1) is 0 Å². The Hall–Kier alpha value is -1.17. The molecule has 1 rings (SSSR count). The summed E-state index contributed by atoms with van der Waals surface area (Å²) in [6.45, 7) is 6.68. The third-order valence-corrected chi connectivity index (χ3v) is 3.15. The molecule has 2 unspecified atom stereocenters. The fourth-order valence-corrected chi connectivity index (χ4v) is 1.97. The lowest BCUT2D eigenvalue weighted by Crippen LogP contribution is -2.46. The molecule has 0 aliphatic heterocycles. The average Bonchev–Trinajstić information content (AvgIpc) is 2.33. The van der Waals surface area contributed by atoms with E-state index in [1.807, 2.05) is 13.8 Å². The number of nitrogens with two attached hydrogens (primary N) is 2. The first-order valence-corrected chi connectivity index (χ1v) is 5.88. The van der Waals surface area contributed by atoms with E-state index in [-0.39, 0.29) is 6.04 Å². The molecule has 2 atom stereocenters. The van der Waals surface area contributed by atoms with Crippen LogP contribution in [-0.2, 0) is 4.74 Å². The molecule has 1 heterocycles. The Morgan fingerprint density at radius 2 is 2.24 bits per heavy atom. The number of pyridine rings is 1. The molecule has 5 N–H and O–H groups in total. The molecule has 0 saturated carbocycles. The van der Waals surface area contributed by atoms with Crippen molar-refractivity contribution in [2.75, 3.05) is 12.3 Å². The van der Waals surface area contributed by atoms with Crippen molar-refractivity contribution in [1.82, 2.24) is 10.4 Å². The molecule has 5 heteroatoms. The first-order chi connectivity index (χ1) is 8.09. The van der Waals surface area contributed by atoms with Crippen LogP contribution in [-0.4, -0.2) is 17.2 Å². The van der Waals surface area contributed by atoms with Crippen molar-refractivity contribution in [3.63, 3.8) is 0 Å². The summed E-state index contributed by atoms with van der Waals surface area (Å²) in [6.07, 6.45) is 4.22. The Morgan fingerprint density at radius 3 is 2.71 bits per heavy atom. The molecule has 1 aromatic rings. The molecule has 1 aromatic heterocycles. The van der Waals surface area contributed by atoms with E-state index >= 15 is 0 Å². The maximum atomic E-state index is 5.95. The van der Waals surface area contributed by atoms with Gasteiger partial charge in [0.15, 0.2) is 0 Å². The van der Waals surface area contributed by atoms with E-state index in [2.05, 4.69) is 17.3 Å². The molecule has 0 amide bonds. The van der Waals surface area contributed by atoms with Gasteiger partial charge < -0.3 is 10.5 Å². The number of nitrogen functional groups attached to an aromatic ring is 1. The Bertz CT molecular complexity index is 358. The van der Waals surface area contributed by atoms with Crippen LogP contribution >= 0.6 is 0 Å². The highest BCUT2D eigenvalue weighted by molar-refractivity contribution is 5.47. The summed E-state index contributed by atoms with van der Waals surface area (Å²) < 4.78 is 5.82. The summed E-state index contributed by atoms with van der Waals surface area (Å²) in [7, 11) is 0. The Kier molecular flexibility index (Phi) is 4.86. The van der Waals surface area contributed by atoms with Gasteiger partial charge in [0.1, 0.15) is 0 Å². The summed E-state index contributed by atoms with van der Waals surface area (Å²) in [4.78, 5) is 4.09. The lowest BCUT2D eigenvalue weighted by molar-refractivity contribution is -0.0563. The lowest BCUT2D eigenvalue weighted by Gasteiger charge is -2.36. The quantitative estimate of drug-likeness (QED) is 0.515.